The minimum Gasteiger partial charge on any atom is -0.465 e. The van der Waals surface area contributed by atoms with E-state index in [0.717, 1.165) is 18.1 Å². The molecule has 0 aromatic carbocycles. The monoisotopic (exact) mass is 293 g/mol. The van der Waals surface area contributed by atoms with Crippen LogP contribution in [-0.2, 0) is 4.74 Å². The van der Waals surface area contributed by atoms with Crippen LogP contribution in [0.4, 0.5) is 10.7 Å². The first-order valence-corrected chi connectivity index (χ1v) is 7.59. The summed E-state index contributed by atoms with van der Waals surface area (Å²) in [5, 5.41) is 10.1. The number of anilines is 2. The molecule has 20 heavy (non-hydrogen) atoms. The normalized spacial score (nSPS) is 14.4. The van der Waals surface area contributed by atoms with Gasteiger partial charge in [0.25, 0.3) is 0 Å². The van der Waals surface area contributed by atoms with Crippen molar-refractivity contribution >= 4 is 28.0 Å². The van der Waals surface area contributed by atoms with Crippen molar-refractivity contribution in [3.63, 3.8) is 0 Å². The third kappa shape index (κ3) is 2.59. The van der Waals surface area contributed by atoms with Gasteiger partial charge in [-0.05, 0) is 25.7 Å². The van der Waals surface area contributed by atoms with E-state index in [0.29, 0.717) is 16.4 Å². The summed E-state index contributed by atoms with van der Waals surface area (Å²) in [5.41, 5.74) is 6.56. The van der Waals surface area contributed by atoms with Gasteiger partial charge in [-0.2, -0.15) is 5.26 Å². The van der Waals surface area contributed by atoms with Crippen molar-refractivity contribution in [1.29, 1.82) is 5.26 Å². The Morgan fingerprint density at radius 2 is 2.30 bits per heavy atom. The third-order valence-corrected chi connectivity index (χ3v) is 5.03. The highest BCUT2D eigenvalue weighted by molar-refractivity contribution is 7.18. The topological polar surface area (TPSA) is 79.3 Å². The fourth-order valence-electron chi connectivity index (χ4n) is 2.35. The maximum atomic E-state index is 11.7. The number of carbonyl (C=O) groups excluding carboxylic acids is 1. The van der Waals surface area contributed by atoms with Crippen molar-refractivity contribution in [2.24, 2.45) is 5.92 Å². The van der Waals surface area contributed by atoms with Gasteiger partial charge in [-0.1, -0.05) is 6.42 Å². The van der Waals surface area contributed by atoms with Crippen LogP contribution in [0.3, 0.4) is 0 Å². The molecule has 1 heterocycles. The van der Waals surface area contributed by atoms with Crippen molar-refractivity contribution in [3.05, 3.63) is 10.4 Å². The second-order valence-electron chi connectivity index (χ2n) is 4.96. The number of nitrogen functional groups attached to an aromatic ring is 1. The van der Waals surface area contributed by atoms with E-state index in [1.807, 2.05) is 6.92 Å². The van der Waals surface area contributed by atoms with Crippen LogP contribution in [0.1, 0.15) is 41.4 Å². The Kier molecular flexibility index (Phi) is 4.50. The highest BCUT2D eigenvalue weighted by Gasteiger charge is 2.27. The molecule has 0 aliphatic heterocycles. The molecule has 1 fully saturated rings. The molecule has 6 heteroatoms. The number of ether oxygens (including phenoxy) is 1. The molecule has 2 rings (SSSR count). The van der Waals surface area contributed by atoms with Gasteiger partial charge in [0.2, 0.25) is 0 Å². The fraction of sp³-hybridized carbons (Fsp3) is 0.571. The number of hydrogen-bond donors (Lipinski definition) is 1. The van der Waals surface area contributed by atoms with Gasteiger partial charge in [0, 0.05) is 13.1 Å². The zero-order valence-corrected chi connectivity index (χ0v) is 12.6. The van der Waals surface area contributed by atoms with Gasteiger partial charge in [0.15, 0.2) is 0 Å². The molecule has 5 nitrogen and oxygen atoms in total. The Hall–Kier alpha value is -1.74. The number of nitriles is 1. The van der Waals surface area contributed by atoms with Crippen LogP contribution in [0.25, 0.3) is 0 Å². The van der Waals surface area contributed by atoms with Crippen LogP contribution in [0.2, 0.25) is 0 Å². The van der Waals surface area contributed by atoms with Gasteiger partial charge in [-0.25, -0.2) is 4.79 Å². The maximum Gasteiger partial charge on any atom is 0.350 e. The zero-order chi connectivity index (χ0) is 14.7. The standard InChI is InChI=1S/C14H19N3O2S/c1-3-17(8-9-5-4-6-9)13-10(7-15)11(16)12(20-13)14(18)19-2/h9H,3-6,8,16H2,1-2H3. The van der Waals surface area contributed by atoms with Gasteiger partial charge in [0.05, 0.1) is 12.8 Å². The summed E-state index contributed by atoms with van der Waals surface area (Å²) in [4.78, 5) is 14.2. The van der Waals surface area contributed by atoms with Gasteiger partial charge in [0.1, 0.15) is 21.5 Å². The minimum atomic E-state index is -0.477. The lowest BCUT2D eigenvalue weighted by atomic mass is 9.85. The molecule has 1 saturated carbocycles. The van der Waals surface area contributed by atoms with Crippen LogP contribution in [0, 0.1) is 17.2 Å². The first-order chi connectivity index (χ1) is 9.62. The molecule has 1 aromatic rings. The number of rotatable bonds is 5. The second-order valence-corrected chi connectivity index (χ2v) is 5.96. The molecule has 0 spiro atoms. The molecule has 0 unspecified atom stereocenters. The van der Waals surface area contributed by atoms with E-state index in [9.17, 15) is 10.1 Å². The molecule has 2 N–H and O–H groups in total. The predicted octanol–water partition coefficient (Wildman–Crippen LogP) is 2.61. The Morgan fingerprint density at radius 1 is 1.60 bits per heavy atom. The summed E-state index contributed by atoms with van der Waals surface area (Å²) >= 11 is 1.26. The summed E-state index contributed by atoms with van der Waals surface area (Å²) in [6.07, 6.45) is 3.76. The summed E-state index contributed by atoms with van der Waals surface area (Å²) in [7, 11) is 1.32. The largest absolute Gasteiger partial charge is 0.465 e. The Bertz CT molecular complexity index is 543. The number of hydrogen-bond acceptors (Lipinski definition) is 6. The van der Waals surface area contributed by atoms with E-state index >= 15 is 0 Å². The van der Waals surface area contributed by atoms with Crippen molar-refractivity contribution < 1.29 is 9.53 Å². The van der Waals surface area contributed by atoms with Crippen molar-refractivity contribution in [2.75, 3.05) is 30.8 Å². The van der Waals surface area contributed by atoms with Crippen LogP contribution in [0.15, 0.2) is 0 Å². The van der Waals surface area contributed by atoms with Crippen LogP contribution in [-0.4, -0.2) is 26.2 Å². The van der Waals surface area contributed by atoms with E-state index in [2.05, 4.69) is 11.0 Å². The molecule has 1 aromatic heterocycles. The number of nitrogens with zero attached hydrogens (tertiary/aromatic N) is 2. The second kappa shape index (κ2) is 6.14. The maximum absolute atomic E-state index is 11.7. The first kappa shape index (κ1) is 14.7. The summed E-state index contributed by atoms with van der Waals surface area (Å²) in [6, 6.07) is 2.12. The Morgan fingerprint density at radius 3 is 2.75 bits per heavy atom. The van der Waals surface area contributed by atoms with E-state index in [4.69, 9.17) is 10.5 Å². The van der Waals surface area contributed by atoms with Crippen molar-refractivity contribution in [3.8, 4) is 6.07 Å². The van der Waals surface area contributed by atoms with Crippen LogP contribution in [0.5, 0.6) is 0 Å². The van der Waals surface area contributed by atoms with E-state index in [-0.39, 0.29) is 5.69 Å². The van der Waals surface area contributed by atoms with Gasteiger partial charge < -0.3 is 15.4 Å². The van der Waals surface area contributed by atoms with E-state index in [1.54, 1.807) is 0 Å². The molecule has 1 aliphatic rings. The highest BCUT2D eigenvalue weighted by Crippen LogP contribution is 2.39. The van der Waals surface area contributed by atoms with E-state index < -0.39 is 5.97 Å². The predicted molar refractivity (Wildman–Crippen MR) is 80.0 cm³/mol. The summed E-state index contributed by atoms with van der Waals surface area (Å²) in [5.74, 6) is 0.210. The smallest absolute Gasteiger partial charge is 0.350 e. The van der Waals surface area contributed by atoms with Crippen LogP contribution < -0.4 is 10.6 Å². The SMILES string of the molecule is CCN(CC1CCC1)c1sc(C(=O)OC)c(N)c1C#N. The molecule has 0 atom stereocenters. The van der Waals surface area contributed by atoms with Crippen molar-refractivity contribution in [2.45, 2.75) is 26.2 Å². The lowest BCUT2D eigenvalue weighted by Gasteiger charge is -2.32. The quantitative estimate of drug-likeness (QED) is 0.844. The van der Waals surface area contributed by atoms with Gasteiger partial charge in [-0.3, -0.25) is 0 Å². The number of esters is 1. The van der Waals surface area contributed by atoms with Crippen molar-refractivity contribution in [1.82, 2.24) is 0 Å². The molecule has 108 valence electrons. The molecular weight excluding hydrogens is 274 g/mol. The minimum absolute atomic E-state index is 0.242. The lowest BCUT2D eigenvalue weighted by Crippen LogP contribution is -2.32. The third-order valence-electron chi connectivity index (χ3n) is 3.78. The summed E-state index contributed by atoms with van der Waals surface area (Å²) < 4.78 is 4.72. The average molecular weight is 293 g/mol. The number of methoxy groups -OCH3 is 1. The Labute approximate surface area is 122 Å². The van der Waals surface area contributed by atoms with Gasteiger partial charge >= 0.3 is 5.97 Å². The molecule has 0 bridgehead atoms. The summed E-state index contributed by atoms with van der Waals surface area (Å²) in [6.45, 7) is 3.77. The molecule has 0 saturated heterocycles. The molecule has 0 radical (unpaired) electrons. The number of nitrogens with two attached hydrogens (primary N) is 1. The average Bonchev–Trinajstić information content (AvgIpc) is 2.74. The molecule has 0 amide bonds. The lowest BCUT2D eigenvalue weighted by molar-refractivity contribution is 0.0607. The van der Waals surface area contributed by atoms with E-state index in [1.165, 1.54) is 37.7 Å². The molecular formula is C14H19N3O2S. The van der Waals surface area contributed by atoms with Crippen LogP contribution >= 0.6 is 11.3 Å². The molecule has 1 aliphatic carbocycles. The zero-order valence-electron chi connectivity index (χ0n) is 11.8. The first-order valence-electron chi connectivity index (χ1n) is 6.77. The fourth-order valence-corrected chi connectivity index (χ4v) is 3.51. The Balaban J connectivity index is 2.33. The highest BCUT2D eigenvalue weighted by atomic mass is 32.1. The number of thiophene rings is 1. The number of carbonyl (C=O) groups is 1. The van der Waals surface area contributed by atoms with Gasteiger partial charge in [-0.15, -0.1) is 11.3 Å².